The van der Waals surface area contributed by atoms with Gasteiger partial charge in [0, 0.05) is 17.2 Å². The zero-order chi connectivity index (χ0) is 21.6. The Hall–Kier alpha value is -3.14. The second-order valence-corrected chi connectivity index (χ2v) is 7.52. The average Bonchev–Trinajstić information content (AvgIpc) is 2.65. The van der Waals surface area contributed by atoms with Crippen molar-refractivity contribution in [2.75, 3.05) is 7.11 Å². The zero-order valence-corrected chi connectivity index (χ0v) is 17.8. The van der Waals surface area contributed by atoms with Gasteiger partial charge in [0.15, 0.2) is 11.5 Å². The summed E-state index contributed by atoms with van der Waals surface area (Å²) in [5, 5.41) is 30.8. The molecule has 0 aliphatic rings. The lowest BCUT2D eigenvalue weighted by Crippen LogP contribution is -1.97. The maximum absolute atomic E-state index is 10.5. The van der Waals surface area contributed by atoms with E-state index in [4.69, 9.17) is 4.74 Å². The molecule has 0 radical (unpaired) electrons. The number of benzene rings is 2. The van der Waals surface area contributed by atoms with E-state index in [1.165, 1.54) is 13.2 Å². The van der Waals surface area contributed by atoms with E-state index >= 15 is 0 Å². The fourth-order valence-electron chi connectivity index (χ4n) is 2.98. The van der Waals surface area contributed by atoms with Crippen molar-refractivity contribution in [1.29, 1.82) is 0 Å². The number of hydrogen-bond acceptors (Lipinski definition) is 4. The maximum atomic E-state index is 10.5. The standard InChI is InChI=1S/C25H30O4/c1-16(2)6-10-20-19(12-8-18-9-13-22(26)25(14-18)29-5)21(11-7-17(3)4)24(28)15-23(20)27/h6-9,12-15,26-28H,10-11H2,1-5H3. The number of rotatable bonds is 7. The first-order valence-corrected chi connectivity index (χ1v) is 9.61. The molecular weight excluding hydrogens is 364 g/mol. The molecule has 0 amide bonds. The first-order valence-electron chi connectivity index (χ1n) is 9.61. The van der Waals surface area contributed by atoms with Gasteiger partial charge in [0.05, 0.1) is 7.11 Å². The zero-order valence-electron chi connectivity index (χ0n) is 17.8. The van der Waals surface area contributed by atoms with Crippen molar-refractivity contribution in [1.82, 2.24) is 0 Å². The molecular formula is C25H30O4. The fourth-order valence-corrected chi connectivity index (χ4v) is 2.98. The van der Waals surface area contributed by atoms with Gasteiger partial charge >= 0.3 is 0 Å². The predicted molar refractivity (Wildman–Crippen MR) is 120 cm³/mol. The van der Waals surface area contributed by atoms with Gasteiger partial charge in [-0.15, -0.1) is 0 Å². The summed E-state index contributed by atoms with van der Waals surface area (Å²) in [5.74, 6) is 0.612. The van der Waals surface area contributed by atoms with Gasteiger partial charge in [-0.25, -0.2) is 0 Å². The molecule has 0 fully saturated rings. The van der Waals surface area contributed by atoms with Crippen LogP contribution >= 0.6 is 0 Å². The number of hydrogen-bond donors (Lipinski definition) is 3. The molecule has 2 aromatic carbocycles. The van der Waals surface area contributed by atoms with Gasteiger partial charge in [0.2, 0.25) is 0 Å². The highest BCUT2D eigenvalue weighted by molar-refractivity contribution is 5.77. The van der Waals surface area contributed by atoms with Crippen LogP contribution in [0.15, 0.2) is 47.6 Å². The molecule has 0 saturated heterocycles. The van der Waals surface area contributed by atoms with E-state index in [-0.39, 0.29) is 17.2 Å². The van der Waals surface area contributed by atoms with Gasteiger partial charge in [0.1, 0.15) is 11.5 Å². The van der Waals surface area contributed by atoms with Crippen molar-refractivity contribution in [2.24, 2.45) is 0 Å². The Balaban J connectivity index is 2.61. The summed E-state index contributed by atoms with van der Waals surface area (Å²) in [4.78, 5) is 0. The number of allylic oxidation sites excluding steroid dienone is 4. The first-order chi connectivity index (χ1) is 13.7. The number of phenolic OH excluding ortho intramolecular Hbond substituents is 3. The molecule has 0 aliphatic heterocycles. The molecule has 0 saturated carbocycles. The smallest absolute Gasteiger partial charge is 0.161 e. The molecule has 0 spiro atoms. The predicted octanol–water partition coefficient (Wildman–Crippen LogP) is 6.00. The molecule has 0 heterocycles. The summed E-state index contributed by atoms with van der Waals surface area (Å²) in [6.07, 6.45) is 9.01. The van der Waals surface area contributed by atoms with E-state index in [1.807, 2.05) is 39.8 Å². The fraction of sp³-hybridized carbons (Fsp3) is 0.280. The van der Waals surface area contributed by atoms with Crippen molar-refractivity contribution in [3.8, 4) is 23.0 Å². The van der Waals surface area contributed by atoms with Crippen LogP contribution in [0.2, 0.25) is 0 Å². The monoisotopic (exact) mass is 394 g/mol. The maximum Gasteiger partial charge on any atom is 0.161 e. The van der Waals surface area contributed by atoms with Crippen molar-refractivity contribution < 1.29 is 20.1 Å². The molecule has 4 heteroatoms. The number of methoxy groups -OCH3 is 1. The van der Waals surface area contributed by atoms with Crippen LogP contribution in [-0.2, 0) is 12.8 Å². The highest BCUT2D eigenvalue weighted by Gasteiger charge is 2.15. The third-order valence-corrected chi connectivity index (χ3v) is 4.62. The van der Waals surface area contributed by atoms with Crippen molar-refractivity contribution >= 4 is 12.2 Å². The van der Waals surface area contributed by atoms with E-state index in [0.29, 0.717) is 18.6 Å². The third-order valence-electron chi connectivity index (χ3n) is 4.62. The van der Waals surface area contributed by atoms with E-state index in [0.717, 1.165) is 33.4 Å². The number of phenols is 3. The van der Waals surface area contributed by atoms with Crippen molar-refractivity contribution in [3.63, 3.8) is 0 Å². The van der Waals surface area contributed by atoms with Crippen LogP contribution in [0.5, 0.6) is 23.0 Å². The molecule has 0 bridgehead atoms. The summed E-state index contributed by atoms with van der Waals surface area (Å²) in [6, 6.07) is 6.51. The lowest BCUT2D eigenvalue weighted by Gasteiger charge is -2.15. The molecule has 4 nitrogen and oxygen atoms in total. The molecule has 0 unspecified atom stereocenters. The summed E-state index contributed by atoms with van der Waals surface area (Å²) in [7, 11) is 1.50. The SMILES string of the molecule is COc1cc(C=Cc2c(CC=C(C)C)c(O)cc(O)c2CC=C(C)C)ccc1O. The lowest BCUT2D eigenvalue weighted by molar-refractivity contribution is 0.373. The quantitative estimate of drug-likeness (QED) is 0.398. The van der Waals surface area contributed by atoms with Crippen molar-refractivity contribution in [2.45, 2.75) is 40.5 Å². The molecule has 2 aromatic rings. The summed E-state index contributed by atoms with van der Waals surface area (Å²) in [5.41, 5.74) is 5.47. The number of aromatic hydroxyl groups is 3. The molecule has 0 aliphatic carbocycles. The Labute approximate surface area is 173 Å². The Morgan fingerprint density at radius 1 is 0.793 bits per heavy atom. The second kappa shape index (κ2) is 9.87. The van der Waals surface area contributed by atoms with Gasteiger partial charge < -0.3 is 20.1 Å². The van der Waals surface area contributed by atoms with E-state index in [1.54, 1.807) is 18.2 Å². The number of ether oxygens (including phenoxy) is 1. The van der Waals surface area contributed by atoms with Crippen LogP contribution in [0.4, 0.5) is 0 Å². The van der Waals surface area contributed by atoms with E-state index in [2.05, 4.69) is 12.2 Å². The Morgan fingerprint density at radius 2 is 1.34 bits per heavy atom. The van der Waals surface area contributed by atoms with Gasteiger partial charge in [-0.1, -0.05) is 41.5 Å². The minimum Gasteiger partial charge on any atom is -0.507 e. The normalized spacial score (nSPS) is 10.8. The average molecular weight is 395 g/mol. The van der Waals surface area contributed by atoms with Crippen LogP contribution in [0.1, 0.15) is 49.9 Å². The van der Waals surface area contributed by atoms with E-state index < -0.39 is 0 Å². The molecule has 2 rings (SSSR count). The molecule has 0 atom stereocenters. The van der Waals surface area contributed by atoms with Gasteiger partial charge in [0.25, 0.3) is 0 Å². The lowest BCUT2D eigenvalue weighted by atomic mass is 9.93. The molecule has 3 N–H and O–H groups in total. The van der Waals surface area contributed by atoms with Crippen LogP contribution in [0.25, 0.3) is 12.2 Å². The minimum atomic E-state index is 0.0730. The Morgan fingerprint density at radius 3 is 1.83 bits per heavy atom. The molecule has 154 valence electrons. The molecule has 0 aromatic heterocycles. The second-order valence-electron chi connectivity index (χ2n) is 7.52. The topological polar surface area (TPSA) is 69.9 Å². The largest absolute Gasteiger partial charge is 0.507 e. The minimum absolute atomic E-state index is 0.0730. The van der Waals surface area contributed by atoms with Crippen LogP contribution in [-0.4, -0.2) is 22.4 Å². The van der Waals surface area contributed by atoms with Gasteiger partial charge in [-0.05, 0) is 63.8 Å². The summed E-state index contributed by atoms with van der Waals surface area (Å²) in [6.45, 7) is 8.05. The van der Waals surface area contributed by atoms with E-state index in [9.17, 15) is 15.3 Å². The van der Waals surface area contributed by atoms with Crippen molar-refractivity contribution in [3.05, 3.63) is 69.8 Å². The first kappa shape index (κ1) is 22.2. The van der Waals surface area contributed by atoms with Crippen LogP contribution < -0.4 is 4.74 Å². The third kappa shape index (κ3) is 5.92. The van der Waals surface area contributed by atoms with Crippen LogP contribution in [0.3, 0.4) is 0 Å². The van der Waals surface area contributed by atoms with Gasteiger partial charge in [-0.3, -0.25) is 0 Å². The summed E-state index contributed by atoms with van der Waals surface area (Å²) >= 11 is 0. The van der Waals surface area contributed by atoms with Crippen LogP contribution in [0, 0.1) is 0 Å². The Bertz CT molecular complexity index is 913. The Kier molecular flexibility index (Phi) is 7.54. The highest BCUT2D eigenvalue weighted by Crippen LogP contribution is 2.36. The highest BCUT2D eigenvalue weighted by atomic mass is 16.5. The summed E-state index contributed by atoms with van der Waals surface area (Å²) < 4.78 is 5.17. The van der Waals surface area contributed by atoms with Gasteiger partial charge in [-0.2, -0.15) is 0 Å². The molecule has 29 heavy (non-hydrogen) atoms.